The Labute approximate surface area is 130 Å². The molecule has 0 amide bonds. The summed E-state index contributed by atoms with van der Waals surface area (Å²) in [6, 6.07) is 12.1. The van der Waals surface area contributed by atoms with Crippen LogP contribution in [0.15, 0.2) is 36.4 Å². The highest BCUT2D eigenvalue weighted by molar-refractivity contribution is 5.97. The predicted octanol–water partition coefficient (Wildman–Crippen LogP) is 4.21. The Balaban J connectivity index is 2.11. The highest BCUT2D eigenvalue weighted by Gasteiger charge is 2.12. The third-order valence-corrected chi connectivity index (χ3v) is 4.31. The first kappa shape index (κ1) is 14.5. The van der Waals surface area contributed by atoms with Crippen molar-refractivity contribution >= 4 is 16.8 Å². The minimum absolute atomic E-state index is 0.0730. The van der Waals surface area contributed by atoms with E-state index >= 15 is 0 Å². The van der Waals surface area contributed by atoms with Crippen LogP contribution >= 0.6 is 0 Å². The lowest BCUT2D eigenvalue weighted by molar-refractivity contribution is 0.101. The van der Waals surface area contributed by atoms with Gasteiger partial charge in [0.1, 0.15) is 5.82 Å². The fraction of sp³-hybridized carbons (Fsp3) is 0.263. The molecule has 1 aromatic heterocycles. The second-order valence-electron chi connectivity index (χ2n) is 5.88. The van der Waals surface area contributed by atoms with Gasteiger partial charge in [-0.25, -0.2) is 4.98 Å². The van der Waals surface area contributed by atoms with Crippen molar-refractivity contribution in [1.29, 1.82) is 0 Å². The number of carbonyl (C=O) groups is 1. The van der Waals surface area contributed by atoms with E-state index in [1.54, 1.807) is 6.92 Å². The van der Waals surface area contributed by atoms with Crippen LogP contribution in [-0.2, 0) is 6.54 Å². The maximum absolute atomic E-state index is 11.5. The number of benzene rings is 2. The number of aromatic nitrogens is 2. The lowest BCUT2D eigenvalue weighted by Gasteiger charge is -2.12. The first-order valence-electron chi connectivity index (χ1n) is 7.50. The minimum Gasteiger partial charge on any atom is -0.324 e. The molecule has 0 radical (unpaired) electrons. The van der Waals surface area contributed by atoms with Gasteiger partial charge in [0.05, 0.1) is 11.0 Å². The van der Waals surface area contributed by atoms with Gasteiger partial charge in [-0.05, 0) is 62.6 Å². The second kappa shape index (κ2) is 5.41. The molecular weight excluding hydrogens is 272 g/mol. The molecule has 0 fully saturated rings. The summed E-state index contributed by atoms with van der Waals surface area (Å²) in [5.74, 6) is 1.04. The summed E-state index contributed by atoms with van der Waals surface area (Å²) in [6.07, 6.45) is 0. The molecule has 3 rings (SSSR count). The molecule has 0 bridgehead atoms. The molecule has 0 N–H and O–H groups in total. The molecule has 0 saturated heterocycles. The smallest absolute Gasteiger partial charge is 0.159 e. The van der Waals surface area contributed by atoms with E-state index in [9.17, 15) is 4.79 Å². The van der Waals surface area contributed by atoms with Crippen molar-refractivity contribution < 1.29 is 4.79 Å². The van der Waals surface area contributed by atoms with Crippen LogP contribution in [0.4, 0.5) is 0 Å². The van der Waals surface area contributed by atoms with Crippen LogP contribution in [0, 0.1) is 20.8 Å². The normalized spacial score (nSPS) is 11.1. The average Bonchev–Trinajstić information content (AvgIpc) is 2.77. The number of hydrogen-bond acceptors (Lipinski definition) is 2. The number of fused-ring (bicyclic) bond motifs is 1. The van der Waals surface area contributed by atoms with Crippen molar-refractivity contribution in [2.75, 3.05) is 0 Å². The number of nitrogens with zero attached hydrogens (tertiary/aromatic N) is 2. The van der Waals surface area contributed by atoms with Crippen molar-refractivity contribution in [3.05, 3.63) is 64.5 Å². The SMILES string of the molecule is CC(=O)c1ccc2c(c1)nc(C)n2Cc1c(C)cccc1C. The third kappa shape index (κ3) is 2.43. The van der Waals surface area contributed by atoms with Gasteiger partial charge in [-0.1, -0.05) is 18.2 Å². The Hall–Kier alpha value is -2.42. The Kier molecular flexibility index (Phi) is 3.57. The topological polar surface area (TPSA) is 34.9 Å². The van der Waals surface area contributed by atoms with Gasteiger partial charge in [-0.2, -0.15) is 0 Å². The van der Waals surface area contributed by atoms with Crippen molar-refractivity contribution in [2.45, 2.75) is 34.2 Å². The van der Waals surface area contributed by atoms with Crippen molar-refractivity contribution in [3.8, 4) is 0 Å². The van der Waals surface area contributed by atoms with E-state index < -0.39 is 0 Å². The van der Waals surface area contributed by atoms with E-state index in [1.807, 2.05) is 25.1 Å². The number of aryl methyl sites for hydroxylation is 3. The van der Waals surface area contributed by atoms with Crippen LogP contribution in [0.2, 0.25) is 0 Å². The third-order valence-electron chi connectivity index (χ3n) is 4.31. The molecule has 0 unspecified atom stereocenters. The first-order valence-corrected chi connectivity index (χ1v) is 7.50. The summed E-state index contributed by atoms with van der Waals surface area (Å²) in [4.78, 5) is 16.1. The van der Waals surface area contributed by atoms with Gasteiger partial charge in [0.2, 0.25) is 0 Å². The van der Waals surface area contributed by atoms with E-state index in [2.05, 4.69) is 41.6 Å². The molecule has 22 heavy (non-hydrogen) atoms. The molecule has 0 aliphatic carbocycles. The Morgan fingerprint density at radius 3 is 2.41 bits per heavy atom. The number of hydrogen-bond donors (Lipinski definition) is 0. The lowest BCUT2D eigenvalue weighted by atomic mass is 10.0. The minimum atomic E-state index is 0.0730. The van der Waals surface area contributed by atoms with Crippen LogP contribution in [0.3, 0.4) is 0 Å². The van der Waals surface area contributed by atoms with E-state index in [1.165, 1.54) is 16.7 Å². The first-order chi connectivity index (χ1) is 10.5. The molecule has 0 atom stereocenters. The molecule has 3 nitrogen and oxygen atoms in total. The van der Waals surface area contributed by atoms with Crippen LogP contribution < -0.4 is 0 Å². The molecular formula is C19H20N2O. The molecule has 3 heteroatoms. The Morgan fingerprint density at radius 2 is 1.77 bits per heavy atom. The second-order valence-corrected chi connectivity index (χ2v) is 5.88. The number of carbonyl (C=O) groups excluding carboxylic acids is 1. The number of rotatable bonds is 3. The van der Waals surface area contributed by atoms with Gasteiger partial charge in [0, 0.05) is 12.1 Å². The van der Waals surface area contributed by atoms with Crippen LogP contribution in [0.5, 0.6) is 0 Å². The highest BCUT2D eigenvalue weighted by Crippen LogP contribution is 2.22. The van der Waals surface area contributed by atoms with Gasteiger partial charge in [0.25, 0.3) is 0 Å². The largest absolute Gasteiger partial charge is 0.324 e. The van der Waals surface area contributed by atoms with Crippen molar-refractivity contribution in [1.82, 2.24) is 9.55 Å². The van der Waals surface area contributed by atoms with E-state index in [4.69, 9.17) is 0 Å². The molecule has 0 saturated carbocycles. The maximum atomic E-state index is 11.5. The Morgan fingerprint density at radius 1 is 1.09 bits per heavy atom. The summed E-state index contributed by atoms with van der Waals surface area (Å²) in [5.41, 5.74) is 6.59. The van der Waals surface area contributed by atoms with Gasteiger partial charge < -0.3 is 4.57 Å². The van der Waals surface area contributed by atoms with Gasteiger partial charge >= 0.3 is 0 Å². The van der Waals surface area contributed by atoms with Gasteiger partial charge in [-0.3, -0.25) is 4.79 Å². The van der Waals surface area contributed by atoms with Crippen LogP contribution in [-0.4, -0.2) is 15.3 Å². The van der Waals surface area contributed by atoms with Gasteiger partial charge in [-0.15, -0.1) is 0 Å². The zero-order chi connectivity index (χ0) is 15.9. The Bertz CT molecular complexity index is 854. The van der Waals surface area contributed by atoms with Crippen molar-refractivity contribution in [3.63, 3.8) is 0 Å². The summed E-state index contributed by atoms with van der Waals surface area (Å²) >= 11 is 0. The molecule has 0 aliphatic heterocycles. The number of imidazole rings is 1. The summed E-state index contributed by atoms with van der Waals surface area (Å²) in [5, 5.41) is 0. The lowest BCUT2D eigenvalue weighted by Crippen LogP contribution is -2.05. The zero-order valence-corrected chi connectivity index (χ0v) is 13.5. The standard InChI is InChI=1S/C19H20N2O/c1-12-6-5-7-13(2)17(12)11-21-15(4)20-18-10-16(14(3)22)8-9-19(18)21/h5-10H,11H2,1-4H3. The van der Waals surface area contributed by atoms with E-state index in [-0.39, 0.29) is 5.78 Å². The monoisotopic (exact) mass is 292 g/mol. The van der Waals surface area contributed by atoms with E-state index in [0.29, 0.717) is 5.56 Å². The van der Waals surface area contributed by atoms with Crippen LogP contribution in [0.25, 0.3) is 11.0 Å². The molecule has 0 spiro atoms. The van der Waals surface area contributed by atoms with Gasteiger partial charge in [0.15, 0.2) is 5.78 Å². The fourth-order valence-electron chi connectivity index (χ4n) is 2.93. The van der Waals surface area contributed by atoms with Crippen LogP contribution in [0.1, 0.15) is 39.8 Å². The fourth-order valence-corrected chi connectivity index (χ4v) is 2.93. The quantitative estimate of drug-likeness (QED) is 0.678. The molecule has 112 valence electrons. The molecule has 3 aromatic rings. The van der Waals surface area contributed by atoms with E-state index in [0.717, 1.165) is 23.4 Å². The summed E-state index contributed by atoms with van der Waals surface area (Å²) in [6.45, 7) is 8.69. The molecule has 2 aromatic carbocycles. The number of ketones is 1. The average molecular weight is 292 g/mol. The summed E-state index contributed by atoms with van der Waals surface area (Å²) in [7, 11) is 0. The molecule has 1 heterocycles. The predicted molar refractivity (Wildman–Crippen MR) is 89.5 cm³/mol. The zero-order valence-electron chi connectivity index (χ0n) is 13.5. The highest BCUT2D eigenvalue weighted by atomic mass is 16.1. The summed E-state index contributed by atoms with van der Waals surface area (Å²) < 4.78 is 2.22. The van der Waals surface area contributed by atoms with Crippen molar-refractivity contribution in [2.24, 2.45) is 0 Å². The number of Topliss-reactive ketones (excluding diaryl/α,β-unsaturated/α-hetero) is 1. The maximum Gasteiger partial charge on any atom is 0.159 e. The molecule has 0 aliphatic rings.